The molecule has 2 heterocycles. The van der Waals surface area contributed by atoms with E-state index in [1.165, 1.54) is 23.1 Å². The third kappa shape index (κ3) is 5.14. The number of rotatable bonds is 8. The molecule has 1 fully saturated rings. The number of carbonyl (C=O) groups excluding carboxylic acids is 2. The quantitative estimate of drug-likeness (QED) is 0.492. The molecule has 32 heavy (non-hydrogen) atoms. The van der Waals surface area contributed by atoms with E-state index in [4.69, 9.17) is 14.2 Å². The first kappa shape index (κ1) is 21.6. The summed E-state index contributed by atoms with van der Waals surface area (Å²) in [5, 5.41) is 13.8. The summed E-state index contributed by atoms with van der Waals surface area (Å²) in [7, 11) is 0. The highest BCUT2D eigenvalue weighted by molar-refractivity contribution is 6.02. The van der Waals surface area contributed by atoms with Gasteiger partial charge in [0.25, 0.3) is 11.6 Å². The number of nitro benzene ring substituents is 1. The summed E-state index contributed by atoms with van der Waals surface area (Å²) in [4.78, 5) is 36.4. The summed E-state index contributed by atoms with van der Waals surface area (Å²) in [5.74, 6) is 0.214. The highest BCUT2D eigenvalue weighted by Gasteiger charge is 2.29. The molecule has 0 aromatic heterocycles. The van der Waals surface area contributed by atoms with Gasteiger partial charge in [0.1, 0.15) is 24.7 Å². The van der Waals surface area contributed by atoms with Crippen LogP contribution in [0.25, 0.3) is 0 Å². The fraction of sp³-hybridized carbons (Fsp3) is 0.364. The summed E-state index contributed by atoms with van der Waals surface area (Å²) >= 11 is 0. The van der Waals surface area contributed by atoms with Gasteiger partial charge in [-0.3, -0.25) is 24.6 Å². The summed E-state index contributed by atoms with van der Waals surface area (Å²) in [6.45, 7) is 1.07. The summed E-state index contributed by atoms with van der Waals surface area (Å²) in [6.07, 6.45) is 2.21. The number of carbonyl (C=O) groups is 2. The number of non-ortho nitro benzene ring substituents is 1. The number of amides is 2. The second-order valence-corrected chi connectivity index (χ2v) is 7.54. The lowest BCUT2D eigenvalue weighted by molar-refractivity contribution is -0.384. The number of nitrogens with one attached hydrogen (secondary N) is 1. The van der Waals surface area contributed by atoms with Gasteiger partial charge in [0.15, 0.2) is 6.61 Å². The molecule has 168 valence electrons. The first-order valence-electron chi connectivity index (χ1n) is 10.3. The van der Waals surface area contributed by atoms with Crippen molar-refractivity contribution in [3.05, 3.63) is 58.1 Å². The van der Waals surface area contributed by atoms with Crippen molar-refractivity contribution >= 4 is 23.2 Å². The number of nitrogens with zero attached hydrogens (tertiary/aromatic N) is 2. The highest BCUT2D eigenvalue weighted by atomic mass is 16.6. The molecule has 0 aliphatic carbocycles. The Morgan fingerprint density at radius 1 is 1.25 bits per heavy atom. The van der Waals surface area contributed by atoms with Crippen LogP contribution >= 0.6 is 0 Å². The highest BCUT2D eigenvalue weighted by Crippen LogP contribution is 2.35. The minimum absolute atomic E-state index is 0.142. The molecule has 10 heteroatoms. The van der Waals surface area contributed by atoms with Gasteiger partial charge in [0.05, 0.1) is 16.7 Å². The number of hydrogen-bond donors (Lipinski definition) is 1. The monoisotopic (exact) mass is 441 g/mol. The van der Waals surface area contributed by atoms with Crippen LogP contribution in [-0.4, -0.2) is 49.2 Å². The molecule has 2 aliphatic heterocycles. The van der Waals surface area contributed by atoms with Crippen LogP contribution in [0.1, 0.15) is 18.4 Å². The molecule has 10 nitrogen and oxygen atoms in total. The molecule has 4 rings (SSSR count). The van der Waals surface area contributed by atoms with E-state index in [0.717, 1.165) is 30.8 Å². The Kier molecular flexibility index (Phi) is 6.50. The second-order valence-electron chi connectivity index (χ2n) is 7.54. The fourth-order valence-electron chi connectivity index (χ4n) is 3.55. The average Bonchev–Trinajstić information content (AvgIpc) is 3.32. The number of nitro groups is 1. The number of benzene rings is 2. The first-order chi connectivity index (χ1) is 15.5. The van der Waals surface area contributed by atoms with Gasteiger partial charge in [-0.15, -0.1) is 0 Å². The standard InChI is InChI=1S/C22H23N3O7/c26-21(12-24-19-10-16(25(28)29)5-8-20(19)32-14-22(24)27)23-11-15-3-6-17(7-4-15)31-13-18-2-1-9-30-18/h3-8,10,18H,1-2,9,11-14H2,(H,23,26). The first-order valence-corrected chi connectivity index (χ1v) is 10.3. The van der Waals surface area contributed by atoms with Crippen LogP contribution < -0.4 is 19.7 Å². The van der Waals surface area contributed by atoms with Crippen LogP contribution in [-0.2, 0) is 20.9 Å². The van der Waals surface area contributed by atoms with Gasteiger partial charge in [-0.2, -0.15) is 0 Å². The van der Waals surface area contributed by atoms with Crippen molar-refractivity contribution in [2.45, 2.75) is 25.5 Å². The third-order valence-corrected chi connectivity index (χ3v) is 5.27. The average molecular weight is 441 g/mol. The lowest BCUT2D eigenvalue weighted by Crippen LogP contribution is -2.45. The molecule has 2 aromatic carbocycles. The normalized spacial score (nSPS) is 17.4. The molecule has 2 amide bonds. The van der Waals surface area contributed by atoms with Gasteiger partial charge < -0.3 is 19.5 Å². The van der Waals surface area contributed by atoms with Crippen LogP contribution in [0.2, 0.25) is 0 Å². The van der Waals surface area contributed by atoms with Gasteiger partial charge in [-0.1, -0.05) is 12.1 Å². The molecule has 1 saturated heterocycles. The van der Waals surface area contributed by atoms with E-state index in [0.29, 0.717) is 12.4 Å². The van der Waals surface area contributed by atoms with Crippen LogP contribution in [0.15, 0.2) is 42.5 Å². The van der Waals surface area contributed by atoms with E-state index in [-0.39, 0.29) is 37.2 Å². The molecule has 1 unspecified atom stereocenters. The Bertz CT molecular complexity index is 1000. The molecule has 0 saturated carbocycles. The van der Waals surface area contributed by atoms with Crippen molar-refractivity contribution < 1.29 is 28.7 Å². The Morgan fingerprint density at radius 3 is 2.78 bits per heavy atom. The Labute approximate surface area is 184 Å². The van der Waals surface area contributed by atoms with Crippen LogP contribution in [0.4, 0.5) is 11.4 Å². The largest absolute Gasteiger partial charge is 0.491 e. The molecule has 2 aromatic rings. The number of anilines is 1. The van der Waals surface area contributed by atoms with Gasteiger partial charge in [0, 0.05) is 25.3 Å². The number of fused-ring (bicyclic) bond motifs is 1. The van der Waals surface area contributed by atoms with E-state index in [1.54, 1.807) is 0 Å². The predicted molar refractivity (Wildman–Crippen MR) is 114 cm³/mol. The maximum Gasteiger partial charge on any atom is 0.271 e. The van der Waals surface area contributed by atoms with E-state index in [2.05, 4.69) is 5.32 Å². The maximum absolute atomic E-state index is 12.5. The van der Waals surface area contributed by atoms with Crippen molar-refractivity contribution in [1.29, 1.82) is 0 Å². The molecular formula is C22H23N3O7. The SMILES string of the molecule is O=C(CN1C(=O)COc2ccc([N+](=O)[O-])cc21)NCc1ccc(OCC2CCCO2)cc1. The van der Waals surface area contributed by atoms with Crippen molar-refractivity contribution in [3.63, 3.8) is 0 Å². The minimum Gasteiger partial charge on any atom is -0.491 e. The van der Waals surface area contributed by atoms with Gasteiger partial charge >= 0.3 is 0 Å². The van der Waals surface area contributed by atoms with Crippen molar-refractivity contribution in [1.82, 2.24) is 5.32 Å². The summed E-state index contributed by atoms with van der Waals surface area (Å²) < 4.78 is 16.6. The molecule has 1 N–H and O–H groups in total. The zero-order valence-corrected chi connectivity index (χ0v) is 17.3. The fourth-order valence-corrected chi connectivity index (χ4v) is 3.55. The van der Waals surface area contributed by atoms with Crippen molar-refractivity contribution in [3.8, 4) is 11.5 Å². The van der Waals surface area contributed by atoms with E-state index >= 15 is 0 Å². The number of hydrogen-bond acceptors (Lipinski definition) is 7. The molecule has 0 bridgehead atoms. The summed E-state index contributed by atoms with van der Waals surface area (Å²) in [6, 6.07) is 11.3. The zero-order valence-electron chi connectivity index (χ0n) is 17.3. The van der Waals surface area contributed by atoms with Gasteiger partial charge in [0.2, 0.25) is 5.91 Å². The smallest absolute Gasteiger partial charge is 0.271 e. The third-order valence-electron chi connectivity index (χ3n) is 5.27. The second kappa shape index (κ2) is 9.65. The molecular weight excluding hydrogens is 418 g/mol. The zero-order chi connectivity index (χ0) is 22.5. The van der Waals surface area contributed by atoms with Crippen LogP contribution in [0.5, 0.6) is 11.5 Å². The Balaban J connectivity index is 1.31. The lowest BCUT2D eigenvalue weighted by atomic mass is 10.2. The Morgan fingerprint density at radius 2 is 2.06 bits per heavy atom. The van der Waals surface area contributed by atoms with E-state index in [9.17, 15) is 19.7 Å². The molecule has 0 radical (unpaired) electrons. The molecule has 2 aliphatic rings. The van der Waals surface area contributed by atoms with E-state index in [1.807, 2.05) is 24.3 Å². The Hall–Kier alpha value is -3.66. The number of ether oxygens (including phenoxy) is 3. The van der Waals surface area contributed by atoms with Crippen LogP contribution in [0, 0.1) is 10.1 Å². The van der Waals surface area contributed by atoms with E-state index < -0.39 is 16.7 Å². The van der Waals surface area contributed by atoms with Crippen molar-refractivity contribution in [2.75, 3.05) is 31.3 Å². The summed E-state index contributed by atoms with van der Waals surface area (Å²) in [5.41, 5.74) is 0.889. The van der Waals surface area contributed by atoms with Crippen LogP contribution in [0.3, 0.4) is 0 Å². The predicted octanol–water partition coefficient (Wildman–Crippen LogP) is 2.19. The van der Waals surface area contributed by atoms with Crippen molar-refractivity contribution in [2.24, 2.45) is 0 Å². The minimum atomic E-state index is -0.564. The maximum atomic E-state index is 12.5. The lowest BCUT2D eigenvalue weighted by Gasteiger charge is -2.28. The van der Waals surface area contributed by atoms with Gasteiger partial charge in [-0.25, -0.2) is 0 Å². The topological polar surface area (TPSA) is 120 Å². The molecule has 0 spiro atoms. The molecule has 1 atom stereocenters. The van der Waals surface area contributed by atoms with Gasteiger partial charge in [-0.05, 0) is 36.6 Å².